The summed E-state index contributed by atoms with van der Waals surface area (Å²) >= 11 is 0. The van der Waals surface area contributed by atoms with Crippen LogP contribution in [0.3, 0.4) is 0 Å². The van der Waals surface area contributed by atoms with Gasteiger partial charge in [0.05, 0.1) is 0 Å². The molecule has 0 saturated carbocycles. The average Bonchev–Trinajstić information content (AvgIpc) is 2.42. The van der Waals surface area contributed by atoms with Crippen LogP contribution in [0.1, 0.15) is 19.8 Å². The van der Waals surface area contributed by atoms with E-state index in [0.29, 0.717) is 26.2 Å². The summed E-state index contributed by atoms with van der Waals surface area (Å²) < 4.78 is 0. The highest BCUT2D eigenvalue weighted by atomic mass is 16.2. The number of nitrogens with one attached hydrogen (secondary N) is 2. The van der Waals surface area contributed by atoms with Crippen molar-refractivity contribution in [2.75, 3.05) is 39.3 Å². The predicted molar refractivity (Wildman–Crippen MR) is 75.6 cm³/mol. The molecule has 0 bridgehead atoms. The van der Waals surface area contributed by atoms with Gasteiger partial charge in [-0.15, -0.1) is 0 Å². The fourth-order valence-corrected chi connectivity index (χ4v) is 1.50. The Morgan fingerprint density at radius 1 is 0.900 bits per heavy atom. The molecule has 0 saturated heterocycles. The zero-order chi connectivity index (χ0) is 15.4. The number of carbonyl (C=O) groups is 3. The summed E-state index contributed by atoms with van der Waals surface area (Å²) in [6.45, 7) is 3.58. The minimum atomic E-state index is -0.164. The van der Waals surface area contributed by atoms with Crippen LogP contribution < -0.4 is 22.1 Å². The van der Waals surface area contributed by atoms with Crippen LogP contribution in [0, 0.1) is 0 Å². The summed E-state index contributed by atoms with van der Waals surface area (Å²) in [5.74, 6) is -0.480. The van der Waals surface area contributed by atoms with Gasteiger partial charge in [-0.05, 0) is 0 Å². The van der Waals surface area contributed by atoms with Gasteiger partial charge < -0.3 is 27.0 Å². The molecule has 0 rings (SSSR count). The van der Waals surface area contributed by atoms with Crippen molar-refractivity contribution >= 4 is 17.7 Å². The van der Waals surface area contributed by atoms with Crippen LogP contribution in [0.15, 0.2) is 0 Å². The summed E-state index contributed by atoms with van der Waals surface area (Å²) in [7, 11) is 0. The number of nitrogens with two attached hydrogens (primary N) is 2. The predicted octanol–water partition coefficient (Wildman–Crippen LogP) is -2.24. The van der Waals surface area contributed by atoms with Crippen LogP contribution in [0.2, 0.25) is 0 Å². The number of hydrogen-bond acceptors (Lipinski definition) is 5. The maximum Gasteiger partial charge on any atom is 0.221 e. The monoisotopic (exact) mass is 287 g/mol. The molecule has 0 aromatic rings. The fraction of sp³-hybridized carbons (Fsp3) is 0.750. The smallest absolute Gasteiger partial charge is 0.221 e. The molecule has 8 nitrogen and oxygen atoms in total. The summed E-state index contributed by atoms with van der Waals surface area (Å²) in [6.07, 6.45) is 0.397. The van der Waals surface area contributed by atoms with E-state index < -0.39 is 0 Å². The van der Waals surface area contributed by atoms with Gasteiger partial charge in [0.15, 0.2) is 0 Å². The molecule has 6 N–H and O–H groups in total. The van der Waals surface area contributed by atoms with Gasteiger partial charge in [-0.2, -0.15) is 0 Å². The molecule has 8 heteroatoms. The van der Waals surface area contributed by atoms with Crippen molar-refractivity contribution in [2.45, 2.75) is 19.8 Å². The Morgan fingerprint density at radius 2 is 1.30 bits per heavy atom. The van der Waals surface area contributed by atoms with Crippen LogP contribution in [0.4, 0.5) is 0 Å². The lowest BCUT2D eigenvalue weighted by Gasteiger charge is -2.20. The second-order valence-electron chi connectivity index (χ2n) is 4.28. The van der Waals surface area contributed by atoms with Gasteiger partial charge in [0.25, 0.3) is 0 Å². The largest absolute Gasteiger partial charge is 0.355 e. The quantitative estimate of drug-likeness (QED) is 0.361. The number of hydrogen-bond donors (Lipinski definition) is 4. The lowest BCUT2D eigenvalue weighted by molar-refractivity contribution is -0.130. The lowest BCUT2D eigenvalue weighted by atomic mass is 10.3. The molecule has 0 radical (unpaired) electrons. The van der Waals surface area contributed by atoms with Crippen LogP contribution in [-0.4, -0.2) is 61.9 Å². The number of carbonyl (C=O) groups excluding carboxylic acids is 3. The first-order valence-corrected chi connectivity index (χ1v) is 6.70. The summed E-state index contributed by atoms with van der Waals surface area (Å²) in [6, 6.07) is 0. The van der Waals surface area contributed by atoms with Gasteiger partial charge in [0.1, 0.15) is 0 Å². The highest BCUT2D eigenvalue weighted by molar-refractivity contribution is 5.79. The van der Waals surface area contributed by atoms with E-state index in [-0.39, 0.29) is 43.7 Å². The van der Waals surface area contributed by atoms with Crippen molar-refractivity contribution in [3.8, 4) is 0 Å². The highest BCUT2D eigenvalue weighted by Gasteiger charge is 2.12. The first-order chi connectivity index (χ1) is 9.51. The molecule has 0 aromatic heterocycles. The summed E-state index contributed by atoms with van der Waals surface area (Å²) in [5.41, 5.74) is 10.5. The van der Waals surface area contributed by atoms with E-state index in [1.165, 1.54) is 11.8 Å². The molecule has 3 amide bonds. The molecule has 0 aromatic carbocycles. The van der Waals surface area contributed by atoms with Crippen molar-refractivity contribution in [3.63, 3.8) is 0 Å². The zero-order valence-corrected chi connectivity index (χ0v) is 12.0. The Labute approximate surface area is 119 Å². The Hall–Kier alpha value is -1.67. The molecule has 0 heterocycles. The normalized spacial score (nSPS) is 9.95. The second-order valence-corrected chi connectivity index (χ2v) is 4.28. The molecule has 0 spiro atoms. The Kier molecular flexibility index (Phi) is 10.2. The number of rotatable bonds is 10. The first kappa shape index (κ1) is 18.3. The third-order valence-electron chi connectivity index (χ3n) is 2.60. The van der Waals surface area contributed by atoms with Crippen molar-refractivity contribution < 1.29 is 14.4 Å². The maximum absolute atomic E-state index is 11.4. The van der Waals surface area contributed by atoms with Crippen LogP contribution in [0.25, 0.3) is 0 Å². The molecule has 0 aliphatic carbocycles. The third kappa shape index (κ3) is 9.29. The number of nitrogens with zero attached hydrogens (tertiary/aromatic N) is 1. The van der Waals surface area contributed by atoms with Crippen molar-refractivity contribution in [1.29, 1.82) is 0 Å². The van der Waals surface area contributed by atoms with E-state index in [1.807, 2.05) is 0 Å². The summed E-state index contributed by atoms with van der Waals surface area (Å²) in [5, 5.41) is 5.25. The Morgan fingerprint density at radius 3 is 1.60 bits per heavy atom. The van der Waals surface area contributed by atoms with Crippen LogP contribution in [-0.2, 0) is 14.4 Å². The standard InChI is InChI=1S/C12H25N5O3/c1-10(18)17(8-2-11(19)15-6-4-13)9-3-12(20)16-7-5-14/h2-9,13-14H2,1H3,(H,15,19)(H,16,20). The van der Waals surface area contributed by atoms with Gasteiger partial charge in [0, 0.05) is 59.0 Å². The van der Waals surface area contributed by atoms with E-state index >= 15 is 0 Å². The molecule has 116 valence electrons. The first-order valence-electron chi connectivity index (χ1n) is 6.70. The average molecular weight is 287 g/mol. The van der Waals surface area contributed by atoms with Gasteiger partial charge in [-0.25, -0.2) is 0 Å². The molecular formula is C12H25N5O3. The highest BCUT2D eigenvalue weighted by Crippen LogP contribution is 1.96. The van der Waals surface area contributed by atoms with Crippen molar-refractivity contribution in [1.82, 2.24) is 15.5 Å². The van der Waals surface area contributed by atoms with E-state index in [2.05, 4.69) is 10.6 Å². The molecule has 0 aliphatic rings. The van der Waals surface area contributed by atoms with Crippen LogP contribution in [0.5, 0.6) is 0 Å². The minimum Gasteiger partial charge on any atom is -0.355 e. The van der Waals surface area contributed by atoms with E-state index in [1.54, 1.807) is 0 Å². The topological polar surface area (TPSA) is 131 Å². The molecule has 0 fully saturated rings. The maximum atomic E-state index is 11.4. The second kappa shape index (κ2) is 11.2. The van der Waals surface area contributed by atoms with E-state index in [0.717, 1.165) is 0 Å². The van der Waals surface area contributed by atoms with Gasteiger partial charge in [-0.1, -0.05) is 0 Å². The minimum absolute atomic E-state index is 0.158. The Balaban J connectivity index is 4.01. The van der Waals surface area contributed by atoms with Crippen LogP contribution >= 0.6 is 0 Å². The lowest BCUT2D eigenvalue weighted by Crippen LogP contribution is -2.38. The number of amides is 3. The van der Waals surface area contributed by atoms with Gasteiger partial charge in [0.2, 0.25) is 17.7 Å². The zero-order valence-electron chi connectivity index (χ0n) is 12.0. The van der Waals surface area contributed by atoms with E-state index in [4.69, 9.17) is 11.5 Å². The molecular weight excluding hydrogens is 262 g/mol. The molecule has 0 unspecified atom stereocenters. The van der Waals surface area contributed by atoms with Gasteiger partial charge >= 0.3 is 0 Å². The molecule has 0 atom stereocenters. The Bertz CT molecular complexity index is 298. The van der Waals surface area contributed by atoms with E-state index in [9.17, 15) is 14.4 Å². The SMILES string of the molecule is CC(=O)N(CCC(=O)NCCN)CCC(=O)NCCN. The summed E-state index contributed by atoms with van der Waals surface area (Å²) in [4.78, 5) is 35.7. The fourth-order valence-electron chi connectivity index (χ4n) is 1.50. The molecule has 20 heavy (non-hydrogen) atoms. The molecule has 0 aliphatic heterocycles. The van der Waals surface area contributed by atoms with Crippen molar-refractivity contribution in [2.24, 2.45) is 11.5 Å². The van der Waals surface area contributed by atoms with Crippen molar-refractivity contribution in [3.05, 3.63) is 0 Å². The third-order valence-corrected chi connectivity index (χ3v) is 2.60. The van der Waals surface area contributed by atoms with Gasteiger partial charge in [-0.3, -0.25) is 14.4 Å².